The third-order valence-corrected chi connectivity index (χ3v) is 5.81. The number of nitrogens with one attached hydrogen (secondary N) is 1. The van der Waals surface area contributed by atoms with Crippen LogP contribution < -0.4 is 5.32 Å². The number of amides is 1. The number of hydrogen-bond acceptors (Lipinski definition) is 4. The summed E-state index contributed by atoms with van der Waals surface area (Å²) in [6, 6.07) is 3.97. The first-order valence-corrected chi connectivity index (χ1v) is 10.1. The first-order chi connectivity index (χ1) is 13.1. The Labute approximate surface area is 185 Å². The van der Waals surface area contributed by atoms with Gasteiger partial charge in [-0.1, -0.05) is 6.92 Å². The molecule has 3 heterocycles. The number of aliphatic imine (C=N–C) groups is 1. The van der Waals surface area contributed by atoms with Gasteiger partial charge in [0.2, 0.25) is 0 Å². The summed E-state index contributed by atoms with van der Waals surface area (Å²) >= 11 is 0. The average Bonchev–Trinajstić information content (AvgIpc) is 3.23. The summed E-state index contributed by atoms with van der Waals surface area (Å²) in [6.45, 7) is 10.8. The molecule has 0 aromatic carbocycles. The predicted octanol–water partition coefficient (Wildman–Crippen LogP) is 2.35. The molecule has 1 aromatic rings. The van der Waals surface area contributed by atoms with Gasteiger partial charge in [-0.15, -0.1) is 24.0 Å². The lowest BCUT2D eigenvalue weighted by atomic mass is 9.98. The Kier molecular flexibility index (Phi) is 9.07. The zero-order chi connectivity index (χ0) is 19.2. The maximum atomic E-state index is 12.4. The van der Waals surface area contributed by atoms with Gasteiger partial charge in [0.05, 0.1) is 6.26 Å². The molecule has 1 aromatic heterocycles. The summed E-state index contributed by atoms with van der Waals surface area (Å²) in [5, 5.41) is 3.53. The largest absolute Gasteiger partial charge is 0.459 e. The Morgan fingerprint density at radius 2 is 1.86 bits per heavy atom. The van der Waals surface area contributed by atoms with Crippen LogP contribution in [0.15, 0.2) is 27.8 Å². The van der Waals surface area contributed by atoms with Crippen molar-refractivity contribution in [1.29, 1.82) is 0 Å². The van der Waals surface area contributed by atoms with Gasteiger partial charge in [0.25, 0.3) is 5.91 Å². The number of rotatable bonds is 4. The number of halogens is 1. The van der Waals surface area contributed by atoms with Crippen LogP contribution >= 0.6 is 24.0 Å². The van der Waals surface area contributed by atoms with E-state index >= 15 is 0 Å². The summed E-state index contributed by atoms with van der Waals surface area (Å²) in [5.41, 5.74) is 0. The van der Waals surface area contributed by atoms with Gasteiger partial charge in [-0.25, -0.2) is 0 Å². The lowest BCUT2D eigenvalue weighted by Crippen LogP contribution is -2.55. The van der Waals surface area contributed by atoms with Crippen molar-refractivity contribution in [3.8, 4) is 0 Å². The number of guanidine groups is 1. The maximum Gasteiger partial charge on any atom is 0.289 e. The Hall–Kier alpha value is -1.29. The van der Waals surface area contributed by atoms with Crippen LogP contribution in [0.25, 0.3) is 0 Å². The summed E-state index contributed by atoms with van der Waals surface area (Å²) in [5.74, 6) is 2.16. The highest BCUT2D eigenvalue weighted by Gasteiger charge is 2.26. The number of nitrogens with zero attached hydrogens (tertiary/aromatic N) is 4. The van der Waals surface area contributed by atoms with E-state index in [0.29, 0.717) is 24.9 Å². The zero-order valence-electron chi connectivity index (χ0n) is 17.3. The minimum atomic E-state index is -0.0319. The highest BCUT2D eigenvalue weighted by molar-refractivity contribution is 14.0. The van der Waals surface area contributed by atoms with Crippen LogP contribution in [0.2, 0.25) is 0 Å². The molecular weight excluding hydrogens is 469 g/mol. The molecule has 2 fully saturated rings. The summed E-state index contributed by atoms with van der Waals surface area (Å²) in [6.07, 6.45) is 4.13. The van der Waals surface area contributed by atoms with Gasteiger partial charge in [-0.3, -0.25) is 14.7 Å². The number of hydrogen-bond donors (Lipinski definition) is 1. The van der Waals surface area contributed by atoms with Gasteiger partial charge >= 0.3 is 0 Å². The first-order valence-electron chi connectivity index (χ1n) is 10.1. The molecule has 28 heavy (non-hydrogen) atoms. The van der Waals surface area contributed by atoms with E-state index in [0.717, 1.165) is 31.5 Å². The molecule has 0 aliphatic carbocycles. The molecule has 1 amide bonds. The summed E-state index contributed by atoms with van der Waals surface area (Å²) < 4.78 is 5.23. The smallest absolute Gasteiger partial charge is 0.289 e. The van der Waals surface area contributed by atoms with Crippen LogP contribution in [0.1, 0.15) is 37.2 Å². The molecule has 158 valence electrons. The number of furan rings is 1. The van der Waals surface area contributed by atoms with Crippen LogP contribution in [-0.2, 0) is 0 Å². The van der Waals surface area contributed by atoms with Crippen LogP contribution in [0, 0.1) is 5.92 Å². The normalized spacial score (nSPS) is 20.6. The Morgan fingerprint density at radius 1 is 1.21 bits per heavy atom. The van der Waals surface area contributed by atoms with Gasteiger partial charge in [-0.2, -0.15) is 0 Å². The minimum Gasteiger partial charge on any atom is -0.459 e. The second-order valence-electron chi connectivity index (χ2n) is 7.75. The third-order valence-electron chi connectivity index (χ3n) is 5.81. The lowest BCUT2D eigenvalue weighted by molar-refractivity contribution is 0.0657. The molecule has 3 rings (SSSR count). The van der Waals surface area contributed by atoms with Crippen LogP contribution in [0.4, 0.5) is 0 Å². The fraction of sp³-hybridized carbons (Fsp3) is 0.700. The van der Waals surface area contributed by atoms with Crippen molar-refractivity contribution in [3.05, 3.63) is 24.2 Å². The van der Waals surface area contributed by atoms with Gasteiger partial charge in [0.15, 0.2) is 11.7 Å². The second-order valence-corrected chi connectivity index (χ2v) is 7.75. The van der Waals surface area contributed by atoms with Gasteiger partial charge in [0, 0.05) is 45.8 Å². The van der Waals surface area contributed by atoms with E-state index in [1.165, 1.54) is 25.9 Å². The van der Waals surface area contributed by atoms with Crippen molar-refractivity contribution < 1.29 is 9.21 Å². The number of carbonyl (C=O) groups is 1. The molecule has 2 saturated heterocycles. The fourth-order valence-corrected chi connectivity index (χ4v) is 3.85. The molecule has 1 N–H and O–H groups in total. The van der Waals surface area contributed by atoms with Crippen LogP contribution in [0.3, 0.4) is 0 Å². The third kappa shape index (κ3) is 5.85. The predicted molar refractivity (Wildman–Crippen MR) is 122 cm³/mol. The molecule has 7 nitrogen and oxygen atoms in total. The molecule has 0 bridgehead atoms. The Balaban J connectivity index is 0.00000280. The lowest BCUT2D eigenvalue weighted by Gasteiger charge is -2.38. The quantitative estimate of drug-likeness (QED) is 0.389. The van der Waals surface area contributed by atoms with Gasteiger partial charge < -0.3 is 19.5 Å². The van der Waals surface area contributed by atoms with Crippen LogP contribution in [-0.4, -0.2) is 85.5 Å². The van der Waals surface area contributed by atoms with Crippen molar-refractivity contribution in [1.82, 2.24) is 20.0 Å². The van der Waals surface area contributed by atoms with Crippen LogP contribution in [0.5, 0.6) is 0 Å². The molecule has 8 heteroatoms. The van der Waals surface area contributed by atoms with E-state index in [4.69, 9.17) is 4.42 Å². The van der Waals surface area contributed by atoms with E-state index in [2.05, 4.69) is 34.0 Å². The molecule has 0 saturated carbocycles. The SMILES string of the molecule is CN=C(NCC(C)N1CCC(C)CC1)N1CCN(C(=O)c2ccco2)CC1.I. The number of piperidine rings is 1. The van der Waals surface area contributed by atoms with E-state index in [-0.39, 0.29) is 29.9 Å². The Bertz CT molecular complexity index is 621. The van der Waals surface area contributed by atoms with Crippen molar-refractivity contribution in [2.45, 2.75) is 32.7 Å². The number of piperazine rings is 1. The molecule has 1 atom stereocenters. The van der Waals surface area contributed by atoms with E-state index in [1.807, 2.05) is 11.9 Å². The summed E-state index contributed by atoms with van der Waals surface area (Å²) in [7, 11) is 1.83. The van der Waals surface area contributed by atoms with Crippen molar-refractivity contribution in [2.24, 2.45) is 10.9 Å². The van der Waals surface area contributed by atoms with E-state index in [9.17, 15) is 4.79 Å². The van der Waals surface area contributed by atoms with Crippen molar-refractivity contribution >= 4 is 35.8 Å². The molecule has 2 aliphatic heterocycles. The fourth-order valence-electron chi connectivity index (χ4n) is 3.85. The Morgan fingerprint density at radius 3 is 2.43 bits per heavy atom. The average molecular weight is 503 g/mol. The molecule has 2 aliphatic rings. The second kappa shape index (κ2) is 11.0. The topological polar surface area (TPSA) is 64.3 Å². The van der Waals surface area contributed by atoms with Gasteiger partial charge in [-0.05, 0) is 50.9 Å². The molecular formula is C20H34IN5O2. The highest BCUT2D eigenvalue weighted by atomic mass is 127. The highest BCUT2D eigenvalue weighted by Crippen LogP contribution is 2.17. The van der Waals surface area contributed by atoms with Gasteiger partial charge in [0.1, 0.15) is 0 Å². The minimum absolute atomic E-state index is 0. The summed E-state index contributed by atoms with van der Waals surface area (Å²) in [4.78, 5) is 23.5. The molecule has 0 spiro atoms. The molecule has 1 unspecified atom stereocenters. The number of carbonyl (C=O) groups excluding carboxylic acids is 1. The monoisotopic (exact) mass is 503 g/mol. The first kappa shape index (κ1) is 23.0. The van der Waals surface area contributed by atoms with Crippen molar-refractivity contribution in [2.75, 3.05) is 52.9 Å². The van der Waals surface area contributed by atoms with E-state index in [1.54, 1.807) is 18.4 Å². The molecule has 0 radical (unpaired) electrons. The standard InChI is InChI=1S/C20H33N5O2.HI/c1-16-6-8-23(9-7-16)17(2)15-22-20(21-3)25-12-10-24(11-13-25)19(26)18-5-4-14-27-18;/h4-5,14,16-17H,6-13,15H2,1-3H3,(H,21,22);1H. The van der Waals surface area contributed by atoms with E-state index < -0.39 is 0 Å². The van der Waals surface area contributed by atoms with Crippen molar-refractivity contribution in [3.63, 3.8) is 0 Å². The maximum absolute atomic E-state index is 12.4. The zero-order valence-corrected chi connectivity index (χ0v) is 19.6. The number of likely N-dealkylation sites (tertiary alicyclic amines) is 1.